The Morgan fingerprint density at radius 1 is 0.733 bits per heavy atom. The van der Waals surface area contributed by atoms with Crippen molar-refractivity contribution in [3.05, 3.63) is 0 Å². The number of carboxylic acid groups (broad SMARTS) is 2. The molecular formula is C15H24N6O9. The number of carbonyl (C=O) groups excluding carboxylic acids is 5. The number of hydrogen-bond acceptors (Lipinski definition) is 8. The van der Waals surface area contributed by atoms with Crippen LogP contribution in [-0.2, 0) is 33.6 Å². The van der Waals surface area contributed by atoms with E-state index in [9.17, 15) is 33.6 Å². The Hall–Kier alpha value is -3.75. The number of hydrogen-bond donors (Lipinski definition) is 8. The van der Waals surface area contributed by atoms with Gasteiger partial charge in [0, 0.05) is 6.42 Å². The maximum Gasteiger partial charge on any atom is 0.322 e. The largest absolute Gasteiger partial charge is 0.481 e. The molecule has 0 saturated carbocycles. The first-order chi connectivity index (χ1) is 13.8. The highest BCUT2D eigenvalue weighted by Gasteiger charge is 2.30. The average Bonchev–Trinajstić information content (AvgIpc) is 2.61. The zero-order chi connectivity index (χ0) is 23.4. The monoisotopic (exact) mass is 432 g/mol. The Kier molecular flexibility index (Phi) is 11.1. The second kappa shape index (κ2) is 12.7. The number of carboxylic acids is 2. The minimum absolute atomic E-state index is 0.162. The van der Waals surface area contributed by atoms with Crippen molar-refractivity contribution in [1.29, 1.82) is 0 Å². The van der Waals surface area contributed by atoms with Crippen LogP contribution in [0.4, 0.5) is 0 Å². The van der Waals surface area contributed by atoms with Crippen LogP contribution in [0.1, 0.15) is 25.7 Å². The van der Waals surface area contributed by atoms with Gasteiger partial charge in [0.1, 0.15) is 18.6 Å². The van der Waals surface area contributed by atoms with Gasteiger partial charge in [-0.1, -0.05) is 0 Å². The predicted octanol–water partition coefficient (Wildman–Crippen LogP) is -4.90. The number of aliphatic carboxylic acids is 2. The molecular weight excluding hydrogens is 408 g/mol. The summed E-state index contributed by atoms with van der Waals surface area (Å²) in [5.41, 5.74) is 15.5. The molecule has 0 radical (unpaired) electrons. The lowest BCUT2D eigenvalue weighted by Gasteiger charge is -2.22. The van der Waals surface area contributed by atoms with E-state index in [2.05, 4.69) is 5.32 Å². The highest BCUT2D eigenvalue weighted by Crippen LogP contribution is 2.01. The van der Waals surface area contributed by atoms with E-state index in [1.165, 1.54) is 0 Å². The Labute approximate surface area is 169 Å². The molecule has 15 nitrogen and oxygen atoms in total. The van der Waals surface area contributed by atoms with E-state index in [4.69, 9.17) is 27.4 Å². The molecule has 0 spiro atoms. The van der Waals surface area contributed by atoms with Crippen molar-refractivity contribution < 1.29 is 43.8 Å². The Bertz CT molecular complexity index is 711. The first-order valence-corrected chi connectivity index (χ1v) is 8.47. The molecule has 3 atom stereocenters. The third-order valence-electron chi connectivity index (χ3n) is 3.50. The molecule has 30 heavy (non-hydrogen) atoms. The van der Waals surface area contributed by atoms with Gasteiger partial charge < -0.3 is 43.4 Å². The summed E-state index contributed by atoms with van der Waals surface area (Å²) in [6, 6.07) is -4.59. The van der Waals surface area contributed by atoms with E-state index in [-0.39, 0.29) is 12.8 Å². The molecule has 0 heterocycles. The van der Waals surface area contributed by atoms with E-state index < -0.39 is 79.0 Å². The summed E-state index contributed by atoms with van der Waals surface area (Å²) in [7, 11) is 0. The number of primary amides is 2. The molecule has 5 amide bonds. The van der Waals surface area contributed by atoms with Crippen LogP contribution in [0.15, 0.2) is 0 Å². The third kappa shape index (κ3) is 11.2. The quantitative estimate of drug-likeness (QED) is 0.129. The fourth-order valence-electron chi connectivity index (χ4n) is 2.06. The molecule has 0 aliphatic rings. The fourth-order valence-corrected chi connectivity index (χ4v) is 2.06. The third-order valence-corrected chi connectivity index (χ3v) is 3.50. The molecule has 0 saturated heterocycles. The lowest BCUT2D eigenvalue weighted by Crippen LogP contribution is -2.57. The second-order valence-corrected chi connectivity index (χ2v) is 6.11. The number of rotatable bonds is 14. The summed E-state index contributed by atoms with van der Waals surface area (Å²) < 4.78 is 0. The minimum atomic E-state index is -1.70. The summed E-state index contributed by atoms with van der Waals surface area (Å²) in [5.74, 6) is -7.80. The van der Waals surface area contributed by atoms with Crippen molar-refractivity contribution in [3.8, 4) is 0 Å². The smallest absolute Gasteiger partial charge is 0.322 e. The van der Waals surface area contributed by atoms with E-state index in [1.54, 1.807) is 0 Å². The molecule has 0 rings (SSSR count). The molecule has 11 N–H and O–H groups in total. The van der Waals surface area contributed by atoms with Crippen LogP contribution in [0.3, 0.4) is 0 Å². The molecule has 0 aromatic carbocycles. The van der Waals surface area contributed by atoms with Crippen molar-refractivity contribution in [2.45, 2.75) is 43.8 Å². The van der Waals surface area contributed by atoms with Crippen LogP contribution in [0.2, 0.25) is 0 Å². The van der Waals surface area contributed by atoms with Gasteiger partial charge in [-0.15, -0.1) is 0 Å². The van der Waals surface area contributed by atoms with Gasteiger partial charge >= 0.3 is 11.9 Å². The number of amides is 5. The summed E-state index contributed by atoms with van der Waals surface area (Å²) in [4.78, 5) is 79.8. The number of nitrogens with two attached hydrogens (primary N) is 3. The molecule has 3 unspecified atom stereocenters. The fraction of sp³-hybridized carbons (Fsp3) is 0.533. The van der Waals surface area contributed by atoms with Crippen LogP contribution < -0.4 is 33.2 Å². The van der Waals surface area contributed by atoms with Crippen molar-refractivity contribution in [1.82, 2.24) is 16.0 Å². The minimum Gasteiger partial charge on any atom is -0.481 e. The molecule has 168 valence electrons. The molecule has 15 heteroatoms. The predicted molar refractivity (Wildman–Crippen MR) is 97.0 cm³/mol. The van der Waals surface area contributed by atoms with E-state index >= 15 is 0 Å². The van der Waals surface area contributed by atoms with Gasteiger partial charge in [0.25, 0.3) is 0 Å². The first kappa shape index (κ1) is 26.2. The highest BCUT2D eigenvalue weighted by atomic mass is 16.4. The van der Waals surface area contributed by atoms with Gasteiger partial charge in [-0.25, -0.2) is 0 Å². The maximum absolute atomic E-state index is 12.4. The normalized spacial score (nSPS) is 13.2. The lowest BCUT2D eigenvalue weighted by molar-refractivity contribution is -0.142. The molecule has 0 aromatic rings. The Morgan fingerprint density at radius 2 is 1.27 bits per heavy atom. The summed E-state index contributed by atoms with van der Waals surface area (Å²) >= 11 is 0. The molecule has 0 aliphatic carbocycles. The van der Waals surface area contributed by atoms with Crippen LogP contribution in [0.25, 0.3) is 0 Å². The average molecular weight is 432 g/mol. The Balaban J connectivity index is 5.26. The van der Waals surface area contributed by atoms with Gasteiger partial charge in [0.2, 0.25) is 29.5 Å². The van der Waals surface area contributed by atoms with Gasteiger partial charge in [0.05, 0.1) is 18.9 Å². The van der Waals surface area contributed by atoms with Crippen molar-refractivity contribution in [2.24, 2.45) is 17.2 Å². The molecule has 0 fully saturated rings. The molecule has 0 aromatic heterocycles. The molecule has 0 aliphatic heterocycles. The van der Waals surface area contributed by atoms with Crippen LogP contribution in [-0.4, -0.2) is 76.4 Å². The Morgan fingerprint density at radius 3 is 1.73 bits per heavy atom. The van der Waals surface area contributed by atoms with E-state index in [0.717, 1.165) is 0 Å². The highest BCUT2D eigenvalue weighted by molar-refractivity contribution is 5.97. The summed E-state index contributed by atoms with van der Waals surface area (Å²) in [5, 5.41) is 23.6. The van der Waals surface area contributed by atoms with E-state index in [0.29, 0.717) is 0 Å². The van der Waals surface area contributed by atoms with Crippen molar-refractivity contribution >= 4 is 41.5 Å². The molecule has 0 bridgehead atoms. The van der Waals surface area contributed by atoms with Gasteiger partial charge in [0.15, 0.2) is 0 Å². The maximum atomic E-state index is 12.4. The van der Waals surface area contributed by atoms with Crippen LogP contribution >= 0.6 is 0 Å². The van der Waals surface area contributed by atoms with Gasteiger partial charge in [-0.2, -0.15) is 0 Å². The lowest BCUT2D eigenvalue weighted by atomic mass is 10.1. The van der Waals surface area contributed by atoms with Gasteiger partial charge in [-0.3, -0.25) is 33.6 Å². The van der Waals surface area contributed by atoms with Crippen molar-refractivity contribution in [3.63, 3.8) is 0 Å². The number of nitrogens with one attached hydrogen (secondary N) is 3. The second-order valence-electron chi connectivity index (χ2n) is 6.11. The van der Waals surface area contributed by atoms with Crippen LogP contribution in [0, 0.1) is 0 Å². The first-order valence-electron chi connectivity index (χ1n) is 8.47. The SMILES string of the molecule is NC(=O)CCC(N)C(=O)NC(CC(=O)O)C(=O)NC(CC(N)=O)C(=O)NCC(=O)O. The summed E-state index contributed by atoms with van der Waals surface area (Å²) in [6.07, 6.45) is -2.01. The zero-order valence-electron chi connectivity index (χ0n) is 15.8. The zero-order valence-corrected chi connectivity index (χ0v) is 15.8. The van der Waals surface area contributed by atoms with Gasteiger partial charge in [-0.05, 0) is 6.42 Å². The number of carbonyl (C=O) groups is 7. The summed E-state index contributed by atoms with van der Waals surface area (Å²) in [6.45, 7) is -0.812. The topological polar surface area (TPSA) is 274 Å². The standard InChI is InChI=1S/C15H24N6O9/c16-6(1-2-9(17)22)13(28)20-8(4-11(24)25)15(30)21-7(3-10(18)23)14(29)19-5-12(26)27/h6-8H,1-5,16H2,(H2,17,22)(H2,18,23)(H,19,29)(H,20,28)(H,21,30)(H,24,25)(H,26,27). The van der Waals surface area contributed by atoms with Crippen LogP contribution in [0.5, 0.6) is 0 Å². The van der Waals surface area contributed by atoms with Crippen molar-refractivity contribution in [2.75, 3.05) is 6.54 Å². The van der Waals surface area contributed by atoms with E-state index in [1.807, 2.05) is 10.6 Å².